The topological polar surface area (TPSA) is 178 Å². The Hall–Kier alpha value is -7.04. The van der Waals surface area contributed by atoms with E-state index in [4.69, 9.17) is 18.9 Å². The highest BCUT2D eigenvalue weighted by atomic mass is 32.2. The number of anilines is 4. The van der Waals surface area contributed by atoms with E-state index in [9.17, 15) is 16.8 Å². The summed E-state index contributed by atoms with van der Waals surface area (Å²) >= 11 is 0. The maximum absolute atomic E-state index is 14.5. The van der Waals surface area contributed by atoms with E-state index in [-0.39, 0.29) is 32.9 Å². The number of rotatable bonds is 12. The van der Waals surface area contributed by atoms with Crippen molar-refractivity contribution in [3.63, 3.8) is 0 Å². The summed E-state index contributed by atoms with van der Waals surface area (Å²) in [4.78, 5) is 0.327. The number of hydrogen-bond donors (Lipinski definition) is 4. The van der Waals surface area contributed by atoms with Gasteiger partial charge in [0.2, 0.25) is 11.9 Å². The summed E-state index contributed by atoms with van der Waals surface area (Å²) in [7, 11) is -5.44. The molecule has 0 spiro atoms. The molecule has 0 saturated carbocycles. The first-order valence-electron chi connectivity index (χ1n) is 24.3. The molecule has 0 amide bonds. The number of methoxy groups -OCH3 is 2. The van der Waals surface area contributed by atoms with Gasteiger partial charge in [0.05, 0.1) is 35.4 Å². The van der Waals surface area contributed by atoms with Crippen molar-refractivity contribution in [1.82, 2.24) is 0 Å². The van der Waals surface area contributed by atoms with Gasteiger partial charge in [-0.25, -0.2) is 0 Å². The van der Waals surface area contributed by atoms with Gasteiger partial charge < -0.3 is 40.2 Å². The second-order valence-electron chi connectivity index (χ2n) is 20.0. The summed E-state index contributed by atoms with van der Waals surface area (Å²) in [5.41, 5.74) is 9.30. The van der Waals surface area contributed by atoms with Gasteiger partial charge in [0.1, 0.15) is 34.2 Å². The molecule has 6 aromatic rings. The number of nitrogens with one attached hydrogen (secondary N) is 4. The molecule has 0 bridgehead atoms. The van der Waals surface area contributed by atoms with Crippen LogP contribution in [0.25, 0.3) is 0 Å². The number of ether oxygens (including phenoxy) is 4. The summed E-state index contributed by atoms with van der Waals surface area (Å²) in [5, 5.41) is 12.8. The van der Waals surface area contributed by atoms with Crippen LogP contribution >= 0.6 is 0 Å². The van der Waals surface area contributed by atoms with Crippen LogP contribution in [0, 0.1) is 41.5 Å². The van der Waals surface area contributed by atoms with Crippen LogP contribution in [0.15, 0.2) is 116 Å². The van der Waals surface area contributed by atoms with Gasteiger partial charge in [-0.3, -0.25) is 0 Å². The maximum atomic E-state index is 14.5. The monoisotopic (exact) mass is 1030 g/mol. The number of sulfonamides is 2. The third-order valence-electron chi connectivity index (χ3n) is 13.8. The van der Waals surface area contributed by atoms with Crippen LogP contribution in [0.4, 0.5) is 22.7 Å². The molecule has 14 nitrogen and oxygen atoms in total. The van der Waals surface area contributed by atoms with Gasteiger partial charge in [0.15, 0.2) is 0 Å². The van der Waals surface area contributed by atoms with Crippen LogP contribution in [0.2, 0.25) is 0 Å². The van der Waals surface area contributed by atoms with Gasteiger partial charge in [0, 0.05) is 11.4 Å². The fourth-order valence-electron chi connectivity index (χ4n) is 9.63. The van der Waals surface area contributed by atoms with Crippen LogP contribution < -0.4 is 40.2 Å². The van der Waals surface area contributed by atoms with Crippen molar-refractivity contribution in [1.29, 1.82) is 0 Å². The van der Waals surface area contributed by atoms with E-state index in [1.54, 1.807) is 52.3 Å². The number of hydrogen-bond acceptors (Lipinski definition) is 8. The van der Waals surface area contributed by atoms with Crippen molar-refractivity contribution < 1.29 is 35.8 Å². The van der Waals surface area contributed by atoms with Crippen LogP contribution in [0.3, 0.4) is 0 Å². The van der Waals surface area contributed by atoms with E-state index in [1.807, 2.05) is 128 Å². The third kappa shape index (κ3) is 11.3. The van der Waals surface area contributed by atoms with Crippen molar-refractivity contribution in [2.24, 2.45) is 8.80 Å². The normalized spacial score (nSPS) is 15.2. The summed E-state index contributed by atoms with van der Waals surface area (Å²) in [6.45, 7) is 19.2. The molecule has 73 heavy (non-hydrogen) atoms. The first-order valence-corrected chi connectivity index (χ1v) is 27.2. The van der Waals surface area contributed by atoms with E-state index < -0.39 is 20.0 Å². The molecule has 0 fully saturated rings. The molecule has 0 aliphatic carbocycles. The molecule has 0 aromatic heterocycles. The summed E-state index contributed by atoms with van der Waals surface area (Å²) < 4.78 is 90.6. The lowest BCUT2D eigenvalue weighted by Crippen LogP contribution is -2.34. The lowest BCUT2D eigenvalue weighted by atomic mass is 9.88. The van der Waals surface area contributed by atoms with E-state index in [1.165, 1.54) is 0 Å². The molecule has 16 heteroatoms. The first kappa shape index (κ1) is 52.3. The van der Waals surface area contributed by atoms with Gasteiger partial charge in [0.25, 0.3) is 20.0 Å². The van der Waals surface area contributed by atoms with Gasteiger partial charge in [-0.15, -0.1) is 8.80 Å². The fourth-order valence-corrected chi connectivity index (χ4v) is 12.6. The minimum atomic E-state index is -4.27. The van der Waals surface area contributed by atoms with Crippen molar-refractivity contribution in [2.45, 2.75) is 122 Å². The zero-order valence-electron chi connectivity index (χ0n) is 43.8. The number of nitrogens with zero attached hydrogens (tertiary/aromatic N) is 2. The molecule has 0 atom stereocenters. The predicted molar refractivity (Wildman–Crippen MR) is 293 cm³/mol. The third-order valence-corrected chi connectivity index (χ3v) is 16.9. The second kappa shape index (κ2) is 20.5. The number of para-hydroxylation sites is 4. The molecule has 6 aromatic carbocycles. The van der Waals surface area contributed by atoms with E-state index in [0.29, 0.717) is 75.8 Å². The Kier molecular flexibility index (Phi) is 14.7. The highest BCUT2D eigenvalue weighted by Gasteiger charge is 2.35. The van der Waals surface area contributed by atoms with Crippen LogP contribution in [0.1, 0.15) is 96.2 Å². The zero-order chi connectivity index (χ0) is 52.6. The van der Waals surface area contributed by atoms with Crippen LogP contribution in [-0.4, -0.2) is 54.2 Å². The first-order chi connectivity index (χ1) is 34.5. The van der Waals surface area contributed by atoms with E-state index >= 15 is 0 Å². The summed E-state index contributed by atoms with van der Waals surface area (Å²) in [6, 6.07) is 29.7. The fraction of sp³-hybridized carbons (Fsp3) is 0.333. The molecule has 2 heterocycles. The summed E-state index contributed by atoms with van der Waals surface area (Å²) in [6.07, 6.45) is 3.46. The SMILES string of the molecule is COc1ccccc1N/C(=N/S(=O)(=O)c1c(C)c(C)c2c(c1C)CCC(C)(C)O2)Nc1ccc(Cc2ccc(N/C(=N\S(=O)(=O)c3c(C)c(C)c4c(c3C)CCC(C)(C)O4)Nc3ccccc3OC)cc2)cc1. The minimum absolute atomic E-state index is 0.00964. The van der Waals surface area contributed by atoms with Crippen LogP contribution in [0.5, 0.6) is 23.0 Å². The van der Waals surface area contributed by atoms with E-state index in [0.717, 1.165) is 57.7 Å². The average molecular weight is 1030 g/mol. The molecule has 0 unspecified atom stereocenters. The Morgan fingerprint density at radius 2 is 0.863 bits per heavy atom. The van der Waals surface area contributed by atoms with Crippen LogP contribution in [-0.2, 0) is 39.3 Å². The molecule has 2 aliphatic rings. The van der Waals surface area contributed by atoms with Crippen molar-refractivity contribution >= 4 is 54.7 Å². The molecule has 384 valence electrons. The largest absolute Gasteiger partial charge is 0.495 e. The smallest absolute Gasteiger partial charge is 0.286 e. The zero-order valence-corrected chi connectivity index (χ0v) is 45.4. The van der Waals surface area contributed by atoms with Crippen molar-refractivity contribution in [2.75, 3.05) is 35.5 Å². The predicted octanol–water partition coefficient (Wildman–Crippen LogP) is 11.9. The number of guanidine groups is 2. The van der Waals surface area contributed by atoms with Gasteiger partial charge >= 0.3 is 0 Å². The second-order valence-corrected chi connectivity index (χ2v) is 23.1. The highest BCUT2D eigenvalue weighted by molar-refractivity contribution is 7.90. The number of fused-ring (bicyclic) bond motifs is 2. The van der Waals surface area contributed by atoms with Gasteiger partial charge in [-0.1, -0.05) is 48.5 Å². The minimum Gasteiger partial charge on any atom is -0.495 e. The lowest BCUT2D eigenvalue weighted by Gasteiger charge is -2.35. The van der Waals surface area contributed by atoms with E-state index in [2.05, 4.69) is 30.1 Å². The molecular formula is C57H66N6O8S2. The Balaban J connectivity index is 1.04. The maximum Gasteiger partial charge on any atom is 0.286 e. The van der Waals surface area contributed by atoms with Crippen molar-refractivity contribution in [3.8, 4) is 23.0 Å². The Bertz CT molecular complexity index is 3160. The molecule has 0 radical (unpaired) electrons. The van der Waals surface area contributed by atoms with Crippen molar-refractivity contribution in [3.05, 3.63) is 153 Å². The molecule has 8 rings (SSSR count). The van der Waals surface area contributed by atoms with Gasteiger partial charge in [-0.2, -0.15) is 16.8 Å². The Morgan fingerprint density at radius 3 is 1.22 bits per heavy atom. The molecule has 2 aliphatic heterocycles. The number of benzene rings is 6. The Morgan fingerprint density at radius 1 is 0.507 bits per heavy atom. The standard InChI is InChI=1S/C57H66N6O8S2/c1-34-36(3)52(38(5)44-29-31-56(7,8)70-50(34)44)72(64,65)62-54(60-46-17-13-15-19-48(46)68-11)58-42-25-21-40(22-26-42)33-41-23-27-43(28-24-41)59-55(61-47-18-14-16-20-49(47)69-12)63-73(66,67)53-37(4)35(2)51-45(39(53)6)30-32-57(9,10)71-51/h13-28H,29-33H2,1-12H3,(H2,58,60,62)(H2,59,61,63). The average Bonchev–Trinajstić information content (AvgIpc) is 3.33. The van der Waals surface area contributed by atoms with Gasteiger partial charge in [-0.05, 0) is 206 Å². The molecular weight excluding hydrogens is 961 g/mol. The summed E-state index contributed by atoms with van der Waals surface area (Å²) in [5.74, 6) is 2.50. The Labute approximate surface area is 430 Å². The molecule has 0 saturated heterocycles. The lowest BCUT2D eigenvalue weighted by molar-refractivity contribution is 0.0828. The highest BCUT2D eigenvalue weighted by Crippen LogP contribution is 2.44. The molecule has 4 N–H and O–H groups in total. The quantitative estimate of drug-likeness (QED) is 0.0675.